The summed E-state index contributed by atoms with van der Waals surface area (Å²) >= 11 is 0. The first-order chi connectivity index (χ1) is 13.8. The van der Waals surface area contributed by atoms with Gasteiger partial charge in [0.15, 0.2) is 0 Å². The molecule has 158 valence electrons. The predicted molar refractivity (Wildman–Crippen MR) is 133 cm³/mol. The highest BCUT2D eigenvalue weighted by molar-refractivity contribution is 5.86. The fourth-order valence-corrected chi connectivity index (χ4v) is 4.42. The molecule has 30 heavy (non-hydrogen) atoms. The van der Waals surface area contributed by atoms with Crippen LogP contribution in [0, 0.1) is 0 Å². The van der Waals surface area contributed by atoms with Crippen molar-refractivity contribution >= 4 is 31.0 Å². The number of hydrogen-bond acceptors (Lipinski definition) is 2. The van der Waals surface area contributed by atoms with E-state index in [4.69, 9.17) is 4.99 Å². The van der Waals surface area contributed by atoms with Crippen molar-refractivity contribution in [3.8, 4) is 0 Å². The average Bonchev–Trinajstić information content (AvgIpc) is 2.75. The SMILES string of the molecule is CN(CCCC1(c2ccccc2)CN=Cc2ccccc21)Cc1ccccc1.Cl.Cl. The molecule has 0 fully saturated rings. The van der Waals surface area contributed by atoms with Crippen molar-refractivity contribution in [1.29, 1.82) is 0 Å². The molecule has 1 heterocycles. The molecule has 1 aliphatic rings. The Hall–Kier alpha value is -2.13. The van der Waals surface area contributed by atoms with E-state index in [1.165, 1.54) is 22.3 Å². The third-order valence-electron chi connectivity index (χ3n) is 5.83. The molecule has 0 aliphatic carbocycles. The second kappa shape index (κ2) is 11.3. The molecule has 1 aliphatic heterocycles. The molecule has 0 spiro atoms. The van der Waals surface area contributed by atoms with Crippen molar-refractivity contribution in [2.24, 2.45) is 4.99 Å². The molecule has 1 atom stereocenters. The van der Waals surface area contributed by atoms with Crippen LogP contribution in [0.15, 0.2) is 89.9 Å². The van der Waals surface area contributed by atoms with Gasteiger partial charge in [-0.05, 0) is 48.7 Å². The van der Waals surface area contributed by atoms with E-state index in [1.807, 2.05) is 6.21 Å². The molecule has 0 saturated carbocycles. The Labute approximate surface area is 192 Å². The molecular formula is C26H30Cl2N2. The van der Waals surface area contributed by atoms with E-state index < -0.39 is 0 Å². The van der Waals surface area contributed by atoms with Crippen LogP contribution in [-0.2, 0) is 12.0 Å². The van der Waals surface area contributed by atoms with E-state index in [-0.39, 0.29) is 30.2 Å². The minimum Gasteiger partial charge on any atom is -0.302 e. The van der Waals surface area contributed by atoms with Gasteiger partial charge in [-0.2, -0.15) is 0 Å². The Morgan fingerprint density at radius 2 is 1.47 bits per heavy atom. The molecule has 0 amide bonds. The van der Waals surface area contributed by atoms with E-state index >= 15 is 0 Å². The Balaban J connectivity index is 0.00000160. The number of nitrogens with zero attached hydrogens (tertiary/aromatic N) is 2. The van der Waals surface area contributed by atoms with Crippen LogP contribution in [0.4, 0.5) is 0 Å². The molecule has 0 bridgehead atoms. The maximum Gasteiger partial charge on any atom is 0.0527 e. The Bertz CT molecular complexity index is 928. The summed E-state index contributed by atoms with van der Waals surface area (Å²) in [7, 11) is 2.22. The molecule has 0 N–H and O–H groups in total. The Morgan fingerprint density at radius 1 is 0.833 bits per heavy atom. The van der Waals surface area contributed by atoms with E-state index in [0.29, 0.717) is 0 Å². The first-order valence-corrected chi connectivity index (χ1v) is 10.2. The van der Waals surface area contributed by atoms with Gasteiger partial charge in [0.2, 0.25) is 0 Å². The average molecular weight is 441 g/mol. The van der Waals surface area contributed by atoms with Gasteiger partial charge >= 0.3 is 0 Å². The van der Waals surface area contributed by atoms with Crippen LogP contribution in [0.2, 0.25) is 0 Å². The first kappa shape index (κ1) is 24.1. The highest BCUT2D eigenvalue weighted by Gasteiger charge is 2.36. The van der Waals surface area contributed by atoms with E-state index in [2.05, 4.69) is 96.9 Å². The van der Waals surface area contributed by atoms with E-state index in [0.717, 1.165) is 32.5 Å². The smallest absolute Gasteiger partial charge is 0.0527 e. The summed E-state index contributed by atoms with van der Waals surface area (Å²) in [4.78, 5) is 7.20. The topological polar surface area (TPSA) is 15.6 Å². The van der Waals surface area contributed by atoms with Gasteiger partial charge in [0.1, 0.15) is 0 Å². The number of rotatable bonds is 7. The zero-order valence-electron chi connectivity index (χ0n) is 17.4. The molecule has 3 aromatic carbocycles. The summed E-state index contributed by atoms with van der Waals surface area (Å²) < 4.78 is 0. The normalized spacial score (nSPS) is 17.0. The molecule has 0 aromatic heterocycles. The van der Waals surface area contributed by atoms with Gasteiger partial charge < -0.3 is 4.90 Å². The lowest BCUT2D eigenvalue weighted by molar-refractivity contribution is 0.303. The van der Waals surface area contributed by atoms with Gasteiger partial charge in [-0.25, -0.2) is 0 Å². The quantitative estimate of drug-likeness (QED) is 0.429. The summed E-state index contributed by atoms with van der Waals surface area (Å²) in [5.74, 6) is 0. The van der Waals surface area contributed by atoms with Crippen molar-refractivity contribution in [1.82, 2.24) is 4.90 Å². The number of benzene rings is 3. The molecule has 4 rings (SSSR count). The fourth-order valence-electron chi connectivity index (χ4n) is 4.42. The van der Waals surface area contributed by atoms with Crippen molar-refractivity contribution in [3.05, 3.63) is 107 Å². The van der Waals surface area contributed by atoms with Crippen LogP contribution < -0.4 is 0 Å². The van der Waals surface area contributed by atoms with Crippen LogP contribution in [0.25, 0.3) is 0 Å². The molecule has 2 nitrogen and oxygen atoms in total. The van der Waals surface area contributed by atoms with Crippen molar-refractivity contribution < 1.29 is 0 Å². The molecule has 4 heteroatoms. The lowest BCUT2D eigenvalue weighted by atomic mass is 9.69. The number of aliphatic imine (C=N–C) groups is 1. The van der Waals surface area contributed by atoms with E-state index in [1.54, 1.807) is 0 Å². The lowest BCUT2D eigenvalue weighted by Crippen LogP contribution is -2.36. The summed E-state index contributed by atoms with van der Waals surface area (Å²) in [5.41, 5.74) is 5.40. The molecule has 3 aromatic rings. The number of fused-ring (bicyclic) bond motifs is 1. The molecule has 0 saturated heterocycles. The fraction of sp³-hybridized carbons (Fsp3) is 0.269. The second-order valence-electron chi connectivity index (χ2n) is 7.83. The maximum atomic E-state index is 4.78. The minimum atomic E-state index is -0.0276. The Kier molecular flexibility index (Phi) is 9.10. The minimum absolute atomic E-state index is 0. The van der Waals surface area contributed by atoms with Crippen molar-refractivity contribution in [3.63, 3.8) is 0 Å². The summed E-state index contributed by atoms with van der Waals surface area (Å²) in [6.45, 7) is 2.90. The zero-order chi connectivity index (χ0) is 19.2. The monoisotopic (exact) mass is 440 g/mol. The standard InChI is InChI=1S/C26H28N2.2ClH/c1-28(20-22-11-4-2-5-12-22)18-10-17-26(24-14-6-3-7-15-24)21-27-19-23-13-8-9-16-25(23)26;;/h2-9,11-16,19H,10,17-18,20-21H2,1H3;2*1H. The second-order valence-corrected chi connectivity index (χ2v) is 7.83. The summed E-state index contributed by atoms with van der Waals surface area (Å²) in [5, 5.41) is 0. The van der Waals surface area contributed by atoms with Gasteiger partial charge in [-0.1, -0.05) is 84.9 Å². The van der Waals surface area contributed by atoms with Crippen LogP contribution in [0.3, 0.4) is 0 Å². The third kappa shape index (κ3) is 5.31. The highest BCUT2D eigenvalue weighted by Crippen LogP contribution is 2.40. The van der Waals surface area contributed by atoms with Crippen LogP contribution in [0.5, 0.6) is 0 Å². The van der Waals surface area contributed by atoms with Gasteiger partial charge in [-0.3, -0.25) is 4.99 Å². The molecule has 0 radical (unpaired) electrons. The van der Waals surface area contributed by atoms with Gasteiger partial charge in [0.25, 0.3) is 0 Å². The van der Waals surface area contributed by atoms with Gasteiger partial charge in [0, 0.05) is 18.2 Å². The third-order valence-corrected chi connectivity index (χ3v) is 5.83. The van der Waals surface area contributed by atoms with Crippen molar-refractivity contribution in [2.45, 2.75) is 24.8 Å². The largest absolute Gasteiger partial charge is 0.302 e. The van der Waals surface area contributed by atoms with E-state index in [9.17, 15) is 0 Å². The van der Waals surface area contributed by atoms with Crippen molar-refractivity contribution in [2.75, 3.05) is 20.1 Å². The first-order valence-electron chi connectivity index (χ1n) is 10.2. The van der Waals surface area contributed by atoms with Crippen LogP contribution in [0.1, 0.15) is 35.1 Å². The molecular weight excluding hydrogens is 411 g/mol. The Morgan fingerprint density at radius 3 is 2.20 bits per heavy atom. The number of hydrogen-bond donors (Lipinski definition) is 0. The summed E-state index contributed by atoms with van der Waals surface area (Å²) in [6, 6.07) is 30.4. The number of halogens is 2. The van der Waals surface area contributed by atoms with Gasteiger partial charge in [-0.15, -0.1) is 24.8 Å². The zero-order valence-corrected chi connectivity index (χ0v) is 19.0. The molecule has 1 unspecified atom stereocenters. The van der Waals surface area contributed by atoms with Crippen LogP contribution in [-0.4, -0.2) is 31.3 Å². The van der Waals surface area contributed by atoms with Gasteiger partial charge in [0.05, 0.1) is 6.54 Å². The lowest BCUT2D eigenvalue weighted by Gasteiger charge is -2.37. The maximum absolute atomic E-state index is 4.78. The predicted octanol–water partition coefficient (Wildman–Crippen LogP) is 6.16. The van der Waals surface area contributed by atoms with Crippen LogP contribution >= 0.6 is 24.8 Å². The highest BCUT2D eigenvalue weighted by atomic mass is 35.5. The summed E-state index contributed by atoms with van der Waals surface area (Å²) in [6.07, 6.45) is 4.28.